The van der Waals surface area contributed by atoms with Crippen molar-refractivity contribution in [2.24, 2.45) is 5.41 Å². The molecule has 1 aliphatic carbocycles. The molecule has 0 saturated carbocycles. The van der Waals surface area contributed by atoms with Gasteiger partial charge in [0.2, 0.25) is 0 Å². The molecule has 0 aliphatic heterocycles. The second kappa shape index (κ2) is 4.73. The first-order chi connectivity index (χ1) is 7.79. The zero-order valence-electron chi connectivity index (χ0n) is 10.7. The highest BCUT2D eigenvalue weighted by Gasteiger charge is 2.33. The Hall–Kier alpha value is -1.58. The van der Waals surface area contributed by atoms with Crippen LogP contribution in [-0.2, 0) is 14.3 Å². The standard InChI is InChI=1S/C13H18O4/c1-8(11(14)15)9-5-6-13(2,3)10(7-9)12(16)17-4/h7H,5-6H2,1-4H3,(H,14,15). The van der Waals surface area contributed by atoms with Crippen molar-refractivity contribution >= 4 is 11.9 Å². The van der Waals surface area contributed by atoms with Crippen LogP contribution in [0.3, 0.4) is 0 Å². The van der Waals surface area contributed by atoms with Crippen molar-refractivity contribution < 1.29 is 19.4 Å². The van der Waals surface area contributed by atoms with E-state index >= 15 is 0 Å². The van der Waals surface area contributed by atoms with Crippen molar-refractivity contribution in [2.75, 3.05) is 7.11 Å². The molecule has 0 amide bonds. The summed E-state index contributed by atoms with van der Waals surface area (Å²) in [5.74, 6) is -1.33. The summed E-state index contributed by atoms with van der Waals surface area (Å²) >= 11 is 0. The van der Waals surface area contributed by atoms with Crippen LogP contribution in [-0.4, -0.2) is 24.2 Å². The number of ether oxygens (including phenoxy) is 1. The van der Waals surface area contributed by atoms with Gasteiger partial charge >= 0.3 is 11.9 Å². The van der Waals surface area contributed by atoms with Gasteiger partial charge in [0.15, 0.2) is 0 Å². The lowest BCUT2D eigenvalue weighted by molar-refractivity contribution is -0.137. The summed E-state index contributed by atoms with van der Waals surface area (Å²) in [6.07, 6.45) is 3.08. The van der Waals surface area contributed by atoms with Crippen LogP contribution in [0.5, 0.6) is 0 Å². The molecule has 0 aromatic rings. The van der Waals surface area contributed by atoms with Crippen LogP contribution in [0.2, 0.25) is 0 Å². The van der Waals surface area contributed by atoms with E-state index in [9.17, 15) is 9.59 Å². The molecule has 1 aliphatic rings. The van der Waals surface area contributed by atoms with Crippen LogP contribution in [0.4, 0.5) is 0 Å². The Morgan fingerprint density at radius 1 is 1.41 bits per heavy atom. The average Bonchev–Trinajstić information content (AvgIpc) is 2.26. The molecule has 1 rings (SSSR count). The summed E-state index contributed by atoms with van der Waals surface area (Å²) in [7, 11) is 1.33. The van der Waals surface area contributed by atoms with Crippen molar-refractivity contribution in [3.8, 4) is 0 Å². The molecular weight excluding hydrogens is 220 g/mol. The SMILES string of the molecule is COC(=O)C1=CC(=C(C)C(=O)O)CCC1(C)C. The molecule has 0 saturated heterocycles. The fourth-order valence-corrected chi connectivity index (χ4v) is 1.90. The fourth-order valence-electron chi connectivity index (χ4n) is 1.90. The van der Waals surface area contributed by atoms with Crippen LogP contribution in [0.15, 0.2) is 22.8 Å². The Morgan fingerprint density at radius 2 is 2.00 bits per heavy atom. The first-order valence-electron chi connectivity index (χ1n) is 5.53. The van der Waals surface area contributed by atoms with E-state index in [1.165, 1.54) is 7.11 Å². The Balaban J connectivity index is 3.24. The Morgan fingerprint density at radius 3 is 2.47 bits per heavy atom. The highest BCUT2D eigenvalue weighted by atomic mass is 16.5. The van der Waals surface area contributed by atoms with Crippen LogP contribution in [0.1, 0.15) is 33.6 Å². The molecule has 0 fully saturated rings. The van der Waals surface area contributed by atoms with Gasteiger partial charge in [0.05, 0.1) is 7.11 Å². The maximum Gasteiger partial charge on any atom is 0.334 e. The first kappa shape index (κ1) is 13.5. The molecule has 4 nitrogen and oxygen atoms in total. The highest BCUT2D eigenvalue weighted by molar-refractivity contribution is 5.92. The van der Waals surface area contributed by atoms with E-state index in [4.69, 9.17) is 9.84 Å². The third-order valence-electron chi connectivity index (χ3n) is 3.27. The summed E-state index contributed by atoms with van der Waals surface area (Å²) in [5, 5.41) is 8.94. The second-order valence-electron chi connectivity index (χ2n) is 4.89. The molecule has 0 bridgehead atoms. The zero-order chi connectivity index (χ0) is 13.2. The van der Waals surface area contributed by atoms with Crippen LogP contribution in [0.25, 0.3) is 0 Å². The van der Waals surface area contributed by atoms with Gasteiger partial charge in [0.25, 0.3) is 0 Å². The molecule has 0 radical (unpaired) electrons. The molecule has 0 unspecified atom stereocenters. The Kier molecular flexibility index (Phi) is 3.76. The maximum atomic E-state index is 11.7. The van der Waals surface area contributed by atoms with Crippen molar-refractivity contribution in [1.82, 2.24) is 0 Å². The summed E-state index contributed by atoms with van der Waals surface area (Å²) in [4.78, 5) is 22.6. The minimum absolute atomic E-state index is 0.268. The van der Waals surface area contributed by atoms with Gasteiger partial charge in [-0.25, -0.2) is 9.59 Å². The molecular formula is C13H18O4. The number of carboxylic acid groups (broad SMARTS) is 1. The monoisotopic (exact) mass is 238 g/mol. The lowest BCUT2D eigenvalue weighted by atomic mass is 9.73. The van der Waals surface area contributed by atoms with Gasteiger partial charge < -0.3 is 9.84 Å². The molecule has 17 heavy (non-hydrogen) atoms. The van der Waals surface area contributed by atoms with Gasteiger partial charge in [-0.1, -0.05) is 13.8 Å². The number of carbonyl (C=O) groups excluding carboxylic acids is 1. The summed E-state index contributed by atoms with van der Waals surface area (Å²) in [6.45, 7) is 5.48. The molecule has 0 spiro atoms. The van der Waals surface area contributed by atoms with Gasteiger partial charge in [-0.3, -0.25) is 0 Å². The lowest BCUT2D eigenvalue weighted by Crippen LogP contribution is -2.26. The van der Waals surface area contributed by atoms with Crippen LogP contribution in [0, 0.1) is 5.41 Å². The average molecular weight is 238 g/mol. The van der Waals surface area contributed by atoms with E-state index < -0.39 is 5.97 Å². The van der Waals surface area contributed by atoms with Gasteiger partial charge in [0.1, 0.15) is 0 Å². The van der Waals surface area contributed by atoms with E-state index in [1.54, 1.807) is 13.0 Å². The van der Waals surface area contributed by atoms with E-state index in [0.717, 1.165) is 6.42 Å². The number of carboxylic acids is 1. The predicted molar refractivity (Wildman–Crippen MR) is 63.4 cm³/mol. The molecule has 0 heterocycles. The largest absolute Gasteiger partial charge is 0.478 e. The number of rotatable bonds is 2. The fraction of sp³-hybridized carbons (Fsp3) is 0.538. The quantitative estimate of drug-likeness (QED) is 0.592. The van der Waals surface area contributed by atoms with E-state index in [-0.39, 0.29) is 11.4 Å². The predicted octanol–water partition coefficient (Wildman–Crippen LogP) is 2.31. The normalized spacial score (nSPS) is 21.5. The summed E-state index contributed by atoms with van der Waals surface area (Å²) in [5.41, 5.74) is 1.27. The van der Waals surface area contributed by atoms with Gasteiger partial charge in [-0.05, 0) is 36.8 Å². The number of hydrogen-bond acceptors (Lipinski definition) is 3. The lowest BCUT2D eigenvalue weighted by Gasteiger charge is -2.31. The third kappa shape index (κ3) is 2.75. The number of esters is 1. The van der Waals surface area contributed by atoms with Gasteiger partial charge in [-0.15, -0.1) is 0 Å². The van der Waals surface area contributed by atoms with Gasteiger partial charge in [-0.2, -0.15) is 0 Å². The van der Waals surface area contributed by atoms with E-state index in [2.05, 4.69) is 0 Å². The van der Waals surface area contributed by atoms with Crippen molar-refractivity contribution in [1.29, 1.82) is 0 Å². The molecule has 0 aromatic heterocycles. The maximum absolute atomic E-state index is 11.7. The van der Waals surface area contributed by atoms with E-state index in [1.807, 2.05) is 13.8 Å². The smallest absolute Gasteiger partial charge is 0.334 e. The summed E-state index contributed by atoms with van der Waals surface area (Å²) in [6, 6.07) is 0. The third-order valence-corrected chi connectivity index (χ3v) is 3.27. The highest BCUT2D eigenvalue weighted by Crippen LogP contribution is 2.39. The van der Waals surface area contributed by atoms with Crippen LogP contribution >= 0.6 is 0 Å². The minimum Gasteiger partial charge on any atom is -0.478 e. The number of aliphatic carboxylic acids is 1. The first-order valence-corrected chi connectivity index (χ1v) is 5.53. The number of methoxy groups -OCH3 is 1. The van der Waals surface area contributed by atoms with Crippen LogP contribution < -0.4 is 0 Å². The zero-order valence-corrected chi connectivity index (χ0v) is 10.7. The van der Waals surface area contributed by atoms with Crippen molar-refractivity contribution in [3.63, 3.8) is 0 Å². The van der Waals surface area contributed by atoms with Gasteiger partial charge in [0, 0.05) is 11.1 Å². The molecule has 1 N–H and O–H groups in total. The molecule has 0 atom stereocenters. The van der Waals surface area contributed by atoms with E-state index in [0.29, 0.717) is 23.1 Å². The Bertz CT molecular complexity index is 413. The topological polar surface area (TPSA) is 63.6 Å². The minimum atomic E-state index is -0.944. The van der Waals surface area contributed by atoms with Crippen molar-refractivity contribution in [3.05, 3.63) is 22.8 Å². The number of allylic oxidation sites excluding steroid dienone is 2. The Labute approximate surface area is 101 Å². The van der Waals surface area contributed by atoms with Crippen molar-refractivity contribution in [2.45, 2.75) is 33.6 Å². The molecule has 0 aromatic carbocycles. The molecule has 94 valence electrons. The second-order valence-corrected chi connectivity index (χ2v) is 4.89. The summed E-state index contributed by atoms with van der Waals surface area (Å²) < 4.78 is 4.74. The number of carbonyl (C=O) groups is 2. The molecule has 4 heteroatoms. The number of hydrogen-bond donors (Lipinski definition) is 1.